The van der Waals surface area contributed by atoms with Gasteiger partial charge in [0.05, 0.1) is 6.61 Å². The van der Waals surface area contributed by atoms with E-state index in [1.807, 2.05) is 0 Å². The fraction of sp³-hybridized carbons (Fsp3) is 0.850. The van der Waals surface area contributed by atoms with Crippen molar-refractivity contribution < 1.29 is 28.6 Å². The first kappa shape index (κ1) is 22.3. The van der Waals surface area contributed by atoms with Gasteiger partial charge in [0.2, 0.25) is 0 Å². The van der Waals surface area contributed by atoms with Crippen molar-refractivity contribution in [2.75, 3.05) is 13.2 Å². The molecule has 0 aromatic carbocycles. The van der Waals surface area contributed by atoms with Crippen LogP contribution in [0.5, 0.6) is 0 Å². The van der Waals surface area contributed by atoms with Crippen molar-refractivity contribution in [2.24, 2.45) is 11.8 Å². The monoisotopic (exact) mass is 398 g/mol. The minimum absolute atomic E-state index is 0.0468. The number of nitrogens with zero attached hydrogens (tertiary/aromatic N) is 1. The molecule has 2 rings (SSSR count). The number of fused-ring (bicyclic) bond motifs is 1. The number of amides is 2. The Kier molecular flexibility index (Phi) is 6.51. The lowest BCUT2D eigenvalue weighted by atomic mass is 9.92. The molecule has 0 aromatic rings. The minimum atomic E-state index is -0.690. The molecule has 160 valence electrons. The van der Waals surface area contributed by atoms with Crippen LogP contribution in [0.3, 0.4) is 0 Å². The van der Waals surface area contributed by atoms with Crippen LogP contribution >= 0.6 is 0 Å². The van der Waals surface area contributed by atoms with Crippen molar-refractivity contribution in [3.8, 4) is 0 Å². The van der Waals surface area contributed by atoms with Crippen molar-refractivity contribution in [1.82, 2.24) is 10.2 Å². The number of hydrogen-bond donors (Lipinski definition) is 1. The fourth-order valence-electron chi connectivity index (χ4n) is 4.00. The molecule has 4 atom stereocenters. The maximum Gasteiger partial charge on any atom is 0.411 e. The summed E-state index contributed by atoms with van der Waals surface area (Å²) in [7, 11) is 0. The molecule has 0 spiro atoms. The maximum absolute atomic E-state index is 12.7. The van der Waals surface area contributed by atoms with E-state index in [1.54, 1.807) is 48.5 Å². The summed E-state index contributed by atoms with van der Waals surface area (Å²) in [4.78, 5) is 39.0. The van der Waals surface area contributed by atoms with Gasteiger partial charge in [-0.3, -0.25) is 4.90 Å². The molecule has 0 radical (unpaired) electrons. The topological polar surface area (TPSA) is 94.2 Å². The van der Waals surface area contributed by atoms with Crippen molar-refractivity contribution in [2.45, 2.75) is 84.6 Å². The van der Waals surface area contributed by atoms with Gasteiger partial charge in [-0.2, -0.15) is 0 Å². The molecule has 0 unspecified atom stereocenters. The van der Waals surface area contributed by atoms with E-state index < -0.39 is 35.4 Å². The second-order valence-electron chi connectivity index (χ2n) is 9.49. The summed E-state index contributed by atoms with van der Waals surface area (Å²) in [6.45, 7) is 13.1. The lowest BCUT2D eigenvalue weighted by Crippen LogP contribution is -2.46. The Morgan fingerprint density at radius 3 is 2.11 bits per heavy atom. The van der Waals surface area contributed by atoms with Crippen molar-refractivity contribution in [1.29, 1.82) is 0 Å². The number of hydrogen-bond acceptors (Lipinski definition) is 6. The summed E-state index contributed by atoms with van der Waals surface area (Å²) in [5.41, 5.74) is -1.25. The lowest BCUT2D eigenvalue weighted by molar-refractivity contribution is -0.149. The van der Waals surface area contributed by atoms with Crippen LogP contribution in [-0.4, -0.2) is 59.5 Å². The molecular weight excluding hydrogens is 364 g/mol. The first-order valence-electron chi connectivity index (χ1n) is 9.98. The van der Waals surface area contributed by atoms with Gasteiger partial charge in [-0.05, 0) is 67.2 Å². The molecule has 1 saturated carbocycles. The van der Waals surface area contributed by atoms with E-state index in [2.05, 4.69) is 5.32 Å². The zero-order valence-corrected chi connectivity index (χ0v) is 18.0. The van der Waals surface area contributed by atoms with Crippen molar-refractivity contribution in [3.63, 3.8) is 0 Å². The number of nitrogens with one attached hydrogen (secondary N) is 1. The molecule has 1 heterocycles. The molecule has 1 aliphatic carbocycles. The predicted molar refractivity (Wildman–Crippen MR) is 103 cm³/mol. The Labute approximate surface area is 167 Å². The van der Waals surface area contributed by atoms with Crippen LogP contribution in [0.4, 0.5) is 9.59 Å². The van der Waals surface area contributed by atoms with Crippen LogP contribution in [0, 0.1) is 11.8 Å². The summed E-state index contributed by atoms with van der Waals surface area (Å²) in [6, 6.07) is -0.852. The van der Waals surface area contributed by atoms with Gasteiger partial charge in [-0.15, -0.1) is 0 Å². The zero-order valence-electron chi connectivity index (χ0n) is 18.0. The van der Waals surface area contributed by atoms with Crippen LogP contribution < -0.4 is 5.32 Å². The normalized spacial score (nSPS) is 27.2. The molecule has 2 amide bonds. The molecule has 0 aromatic heterocycles. The van der Waals surface area contributed by atoms with Crippen molar-refractivity contribution >= 4 is 18.2 Å². The van der Waals surface area contributed by atoms with Crippen LogP contribution in [0.1, 0.15) is 61.3 Å². The number of carbonyl (C=O) groups is 3. The van der Waals surface area contributed by atoms with Gasteiger partial charge < -0.3 is 19.5 Å². The first-order valence-corrected chi connectivity index (χ1v) is 9.98. The smallest absolute Gasteiger partial charge is 0.411 e. The summed E-state index contributed by atoms with van der Waals surface area (Å²) in [6.07, 6.45) is 0.429. The van der Waals surface area contributed by atoms with E-state index in [9.17, 15) is 14.4 Å². The van der Waals surface area contributed by atoms with Gasteiger partial charge >= 0.3 is 18.2 Å². The number of carbonyl (C=O) groups excluding carboxylic acids is 3. The summed E-state index contributed by atoms with van der Waals surface area (Å²) >= 11 is 0. The number of alkyl carbamates (subject to hydrolysis) is 1. The molecule has 2 aliphatic rings. The van der Waals surface area contributed by atoms with E-state index in [-0.39, 0.29) is 24.5 Å². The standard InChI is InChI=1S/C20H34N2O6/c1-8-26-16(23)15-12-9-10-14(21-17(24)27-19(2,3)4)13(12)11-22(15)18(25)28-20(5,6)7/h12-15H,8-11H2,1-7H3,(H,21,24)/t12-,13-,14-,15-/m0/s1. The van der Waals surface area contributed by atoms with Gasteiger partial charge in [-0.1, -0.05) is 0 Å². The van der Waals surface area contributed by atoms with Gasteiger partial charge in [0.25, 0.3) is 0 Å². The van der Waals surface area contributed by atoms with E-state index in [1.165, 1.54) is 4.90 Å². The highest BCUT2D eigenvalue weighted by Crippen LogP contribution is 2.43. The molecule has 1 N–H and O–H groups in total. The molecular formula is C20H34N2O6. The van der Waals surface area contributed by atoms with Crippen LogP contribution in [-0.2, 0) is 19.0 Å². The Morgan fingerprint density at radius 2 is 1.57 bits per heavy atom. The Balaban J connectivity index is 2.15. The predicted octanol–water partition coefficient (Wildman–Crippen LogP) is 3.09. The summed E-state index contributed by atoms with van der Waals surface area (Å²) < 4.78 is 16.1. The second kappa shape index (κ2) is 8.17. The highest BCUT2D eigenvalue weighted by molar-refractivity contribution is 5.83. The van der Waals surface area contributed by atoms with Crippen molar-refractivity contribution in [3.05, 3.63) is 0 Å². The Hall–Kier alpha value is -1.99. The number of rotatable bonds is 3. The molecule has 8 nitrogen and oxygen atoms in total. The lowest BCUT2D eigenvalue weighted by Gasteiger charge is -2.29. The van der Waals surface area contributed by atoms with Crippen LogP contribution in [0.2, 0.25) is 0 Å². The van der Waals surface area contributed by atoms with Crippen LogP contribution in [0.15, 0.2) is 0 Å². The molecule has 8 heteroatoms. The fourth-order valence-corrected chi connectivity index (χ4v) is 4.00. The molecule has 0 bridgehead atoms. The summed E-state index contributed by atoms with van der Waals surface area (Å²) in [5, 5.41) is 2.91. The second-order valence-corrected chi connectivity index (χ2v) is 9.49. The highest BCUT2D eigenvalue weighted by Gasteiger charge is 2.55. The zero-order chi connectivity index (χ0) is 21.3. The van der Waals surface area contributed by atoms with E-state index >= 15 is 0 Å². The third-order valence-corrected chi connectivity index (χ3v) is 4.88. The maximum atomic E-state index is 12.7. The number of likely N-dealkylation sites (tertiary alicyclic amines) is 1. The quantitative estimate of drug-likeness (QED) is 0.580. The third-order valence-electron chi connectivity index (χ3n) is 4.88. The number of esters is 1. The Morgan fingerprint density at radius 1 is 0.964 bits per heavy atom. The van der Waals surface area contributed by atoms with Gasteiger partial charge in [-0.25, -0.2) is 14.4 Å². The summed E-state index contributed by atoms with van der Waals surface area (Å²) in [5.74, 6) is -0.542. The molecule has 2 fully saturated rings. The minimum Gasteiger partial charge on any atom is -0.464 e. The third kappa shape index (κ3) is 5.52. The SMILES string of the molecule is CCOC(=O)[C@@H]1[C@H]2CC[C@H](NC(=O)OC(C)(C)C)[C@H]2CN1C(=O)OC(C)(C)C. The van der Waals surface area contributed by atoms with Crippen LogP contribution in [0.25, 0.3) is 0 Å². The average Bonchev–Trinajstić information content (AvgIpc) is 3.03. The van der Waals surface area contributed by atoms with E-state index in [4.69, 9.17) is 14.2 Å². The van der Waals surface area contributed by atoms with E-state index in [0.717, 1.165) is 6.42 Å². The average molecular weight is 399 g/mol. The highest BCUT2D eigenvalue weighted by atomic mass is 16.6. The molecule has 28 heavy (non-hydrogen) atoms. The van der Waals surface area contributed by atoms with Gasteiger partial charge in [0.15, 0.2) is 0 Å². The molecule has 1 saturated heterocycles. The van der Waals surface area contributed by atoms with Gasteiger partial charge in [0, 0.05) is 18.5 Å². The molecule has 1 aliphatic heterocycles. The largest absolute Gasteiger partial charge is 0.464 e. The van der Waals surface area contributed by atoms with E-state index in [0.29, 0.717) is 13.0 Å². The van der Waals surface area contributed by atoms with Gasteiger partial charge in [0.1, 0.15) is 17.2 Å². The first-order chi connectivity index (χ1) is 12.8. The Bertz CT molecular complexity index is 607. The number of ether oxygens (including phenoxy) is 3.